The number of hydrogen-bond acceptors (Lipinski definition) is 4. The van der Waals surface area contributed by atoms with Gasteiger partial charge in [0.2, 0.25) is 5.91 Å². The van der Waals surface area contributed by atoms with E-state index >= 15 is 0 Å². The van der Waals surface area contributed by atoms with Gasteiger partial charge in [0, 0.05) is 17.3 Å². The van der Waals surface area contributed by atoms with Crippen molar-refractivity contribution in [3.8, 4) is 0 Å². The van der Waals surface area contributed by atoms with Crippen molar-refractivity contribution in [3.63, 3.8) is 0 Å². The second-order valence-corrected chi connectivity index (χ2v) is 6.07. The molecule has 0 fully saturated rings. The van der Waals surface area contributed by atoms with E-state index in [9.17, 15) is 4.79 Å². The number of anilines is 1. The first-order valence-electron chi connectivity index (χ1n) is 6.46. The summed E-state index contributed by atoms with van der Waals surface area (Å²) in [5.41, 5.74) is 1.16. The third-order valence-electron chi connectivity index (χ3n) is 3.30. The molecule has 0 radical (unpaired) electrons. The number of rotatable bonds is 3. The first-order chi connectivity index (χ1) is 9.20. The zero-order chi connectivity index (χ0) is 13.2. The van der Waals surface area contributed by atoms with Gasteiger partial charge in [0.25, 0.3) is 0 Å². The Morgan fingerprint density at radius 1 is 1.63 bits per heavy atom. The molecule has 1 atom stereocenters. The summed E-state index contributed by atoms with van der Waals surface area (Å²) in [5.74, 6) is 0.642. The van der Waals surface area contributed by atoms with Gasteiger partial charge in [0.15, 0.2) is 5.13 Å². The lowest BCUT2D eigenvalue weighted by Crippen LogP contribution is -2.18. The van der Waals surface area contributed by atoms with E-state index < -0.39 is 0 Å². The Labute approximate surface area is 115 Å². The van der Waals surface area contributed by atoms with Crippen LogP contribution in [-0.2, 0) is 24.2 Å². The zero-order valence-electron chi connectivity index (χ0n) is 10.8. The Kier molecular flexibility index (Phi) is 3.33. The molecule has 2 heterocycles. The molecule has 1 amide bonds. The minimum absolute atomic E-state index is 0.0807. The van der Waals surface area contributed by atoms with E-state index in [0.29, 0.717) is 0 Å². The fourth-order valence-corrected chi connectivity index (χ4v) is 3.48. The highest BCUT2D eigenvalue weighted by Gasteiger charge is 2.20. The van der Waals surface area contributed by atoms with E-state index in [1.807, 2.05) is 0 Å². The van der Waals surface area contributed by atoms with Gasteiger partial charge < -0.3 is 5.32 Å². The highest BCUT2D eigenvalue weighted by atomic mass is 32.1. The predicted molar refractivity (Wildman–Crippen MR) is 74.2 cm³/mol. The molecular weight excluding hydrogens is 260 g/mol. The van der Waals surface area contributed by atoms with Crippen LogP contribution >= 0.6 is 11.3 Å². The number of nitrogens with one attached hydrogen (secondary N) is 1. The average molecular weight is 276 g/mol. The zero-order valence-corrected chi connectivity index (χ0v) is 11.6. The Morgan fingerprint density at radius 3 is 3.32 bits per heavy atom. The molecule has 5 nitrogen and oxygen atoms in total. The molecule has 19 heavy (non-hydrogen) atoms. The van der Waals surface area contributed by atoms with E-state index in [1.54, 1.807) is 34.5 Å². The second kappa shape index (κ2) is 5.13. The van der Waals surface area contributed by atoms with Crippen LogP contribution in [-0.4, -0.2) is 20.7 Å². The van der Waals surface area contributed by atoms with Crippen LogP contribution in [0.4, 0.5) is 5.13 Å². The van der Waals surface area contributed by atoms with Gasteiger partial charge in [0.05, 0.1) is 5.69 Å². The third kappa shape index (κ3) is 2.84. The maximum absolute atomic E-state index is 11.9. The monoisotopic (exact) mass is 276 g/mol. The summed E-state index contributed by atoms with van der Waals surface area (Å²) in [6.45, 7) is 2.49. The summed E-state index contributed by atoms with van der Waals surface area (Å²) in [7, 11) is 0. The average Bonchev–Trinajstić information content (AvgIpc) is 2.97. The molecule has 3 rings (SSSR count). The van der Waals surface area contributed by atoms with Crippen LogP contribution in [0, 0.1) is 5.92 Å². The summed E-state index contributed by atoms with van der Waals surface area (Å²) in [6.07, 6.45) is 6.74. The number of thiazole rings is 1. The molecule has 0 spiro atoms. The molecule has 6 heteroatoms. The minimum Gasteiger partial charge on any atom is -0.300 e. The Hall–Kier alpha value is -1.69. The summed E-state index contributed by atoms with van der Waals surface area (Å²) in [4.78, 5) is 17.7. The maximum Gasteiger partial charge on any atom is 0.247 e. The molecule has 1 aliphatic rings. The molecule has 0 bridgehead atoms. The molecule has 0 aromatic carbocycles. The van der Waals surface area contributed by atoms with Gasteiger partial charge in [0.1, 0.15) is 6.54 Å². The lowest BCUT2D eigenvalue weighted by atomic mass is 9.93. The van der Waals surface area contributed by atoms with Gasteiger partial charge >= 0.3 is 0 Å². The first-order valence-corrected chi connectivity index (χ1v) is 7.28. The van der Waals surface area contributed by atoms with Crippen LogP contribution < -0.4 is 5.32 Å². The number of aromatic nitrogens is 3. The van der Waals surface area contributed by atoms with Crippen LogP contribution in [0.25, 0.3) is 0 Å². The molecule has 0 saturated carbocycles. The lowest BCUT2D eigenvalue weighted by molar-refractivity contribution is -0.116. The van der Waals surface area contributed by atoms with Crippen molar-refractivity contribution in [3.05, 3.63) is 29.0 Å². The van der Waals surface area contributed by atoms with Gasteiger partial charge in [-0.2, -0.15) is 5.10 Å². The number of fused-ring (bicyclic) bond motifs is 1. The summed E-state index contributed by atoms with van der Waals surface area (Å²) in [6, 6.07) is 1.80. The number of carbonyl (C=O) groups is 1. The second-order valence-electron chi connectivity index (χ2n) is 4.99. The lowest BCUT2D eigenvalue weighted by Gasteiger charge is -2.15. The molecule has 1 aliphatic carbocycles. The van der Waals surface area contributed by atoms with Crippen LogP contribution in [0.3, 0.4) is 0 Å². The standard InChI is InChI=1S/C13H16N4OS/c1-9-3-4-10-11(7-9)19-13(15-10)16-12(18)8-17-6-2-5-14-17/h2,5-6,9H,3-4,7-8H2,1H3,(H,15,16,18)/t9-/m0/s1. The number of aryl methyl sites for hydroxylation is 1. The molecule has 100 valence electrons. The van der Waals surface area contributed by atoms with Crippen molar-refractivity contribution in [1.82, 2.24) is 14.8 Å². The Bertz CT molecular complexity index is 575. The maximum atomic E-state index is 11.9. The summed E-state index contributed by atoms with van der Waals surface area (Å²) in [5, 5.41) is 7.59. The number of nitrogens with zero attached hydrogens (tertiary/aromatic N) is 3. The van der Waals surface area contributed by atoms with Gasteiger partial charge in [-0.1, -0.05) is 6.92 Å². The largest absolute Gasteiger partial charge is 0.300 e. The fraction of sp³-hybridized carbons (Fsp3) is 0.462. The smallest absolute Gasteiger partial charge is 0.247 e. The molecule has 2 aromatic heterocycles. The van der Waals surface area contributed by atoms with Crippen LogP contribution in [0.1, 0.15) is 23.9 Å². The number of hydrogen-bond donors (Lipinski definition) is 1. The molecule has 0 saturated heterocycles. The quantitative estimate of drug-likeness (QED) is 0.934. The van der Waals surface area contributed by atoms with E-state index in [2.05, 4.69) is 22.3 Å². The van der Waals surface area contributed by atoms with E-state index in [-0.39, 0.29) is 12.5 Å². The normalized spacial score (nSPS) is 18.1. The van der Waals surface area contributed by atoms with E-state index in [1.165, 1.54) is 11.3 Å². The highest BCUT2D eigenvalue weighted by molar-refractivity contribution is 7.15. The Morgan fingerprint density at radius 2 is 2.53 bits per heavy atom. The SMILES string of the molecule is C[C@H]1CCc2nc(NC(=O)Cn3cccn3)sc2C1. The molecule has 2 aromatic rings. The molecular formula is C13H16N4OS. The van der Waals surface area contributed by atoms with Crippen molar-refractivity contribution >= 4 is 22.4 Å². The van der Waals surface area contributed by atoms with Crippen molar-refractivity contribution in [2.24, 2.45) is 5.92 Å². The van der Waals surface area contributed by atoms with Gasteiger partial charge in [-0.3, -0.25) is 9.48 Å². The summed E-state index contributed by atoms with van der Waals surface area (Å²) >= 11 is 1.61. The van der Waals surface area contributed by atoms with Crippen LogP contribution in [0.15, 0.2) is 18.5 Å². The van der Waals surface area contributed by atoms with E-state index in [4.69, 9.17) is 0 Å². The van der Waals surface area contributed by atoms with Gasteiger partial charge in [-0.15, -0.1) is 11.3 Å². The van der Waals surface area contributed by atoms with Crippen LogP contribution in [0.5, 0.6) is 0 Å². The predicted octanol–water partition coefficient (Wildman–Crippen LogP) is 2.10. The number of carbonyl (C=O) groups excluding carboxylic acids is 1. The van der Waals surface area contributed by atoms with Crippen molar-refractivity contribution < 1.29 is 4.79 Å². The summed E-state index contributed by atoms with van der Waals surface area (Å²) < 4.78 is 1.60. The van der Waals surface area contributed by atoms with Crippen molar-refractivity contribution in [2.45, 2.75) is 32.7 Å². The Balaban J connectivity index is 1.65. The minimum atomic E-state index is -0.0807. The molecule has 1 N–H and O–H groups in total. The highest BCUT2D eigenvalue weighted by Crippen LogP contribution is 2.31. The topological polar surface area (TPSA) is 59.8 Å². The fourth-order valence-electron chi connectivity index (χ4n) is 2.29. The first kappa shape index (κ1) is 12.3. The van der Waals surface area contributed by atoms with Crippen molar-refractivity contribution in [2.75, 3.05) is 5.32 Å². The molecule has 0 unspecified atom stereocenters. The van der Waals surface area contributed by atoms with Gasteiger partial charge in [-0.05, 0) is 31.2 Å². The van der Waals surface area contributed by atoms with Crippen LogP contribution in [0.2, 0.25) is 0 Å². The number of amides is 1. The molecule has 0 aliphatic heterocycles. The van der Waals surface area contributed by atoms with Gasteiger partial charge in [-0.25, -0.2) is 4.98 Å². The van der Waals surface area contributed by atoms with E-state index in [0.717, 1.165) is 29.6 Å². The third-order valence-corrected chi connectivity index (χ3v) is 4.33. The van der Waals surface area contributed by atoms with Crippen molar-refractivity contribution in [1.29, 1.82) is 0 Å².